The number of rotatable bonds is 6. The van der Waals surface area contributed by atoms with E-state index in [2.05, 4.69) is 10.4 Å². The second-order valence-electron chi connectivity index (χ2n) is 6.09. The highest BCUT2D eigenvalue weighted by atomic mass is 16.5. The number of amides is 2. The molecule has 0 unspecified atom stereocenters. The zero-order chi connectivity index (χ0) is 17.7. The Kier molecular flexibility index (Phi) is 5.95. The number of nitrogens with zero attached hydrogens (tertiary/aromatic N) is 3. The van der Waals surface area contributed by atoms with Crippen molar-refractivity contribution in [3.63, 3.8) is 0 Å². The van der Waals surface area contributed by atoms with Gasteiger partial charge in [0.1, 0.15) is 5.60 Å². The summed E-state index contributed by atoms with van der Waals surface area (Å²) in [5.41, 5.74) is 0.771. The molecular weight excluding hydrogens is 312 g/mol. The highest BCUT2D eigenvalue weighted by molar-refractivity contribution is 5.92. The van der Waals surface area contributed by atoms with Crippen LogP contribution in [-0.2, 0) is 25.6 Å². The van der Waals surface area contributed by atoms with Crippen molar-refractivity contribution < 1.29 is 19.1 Å². The van der Waals surface area contributed by atoms with Gasteiger partial charge in [-0.3, -0.25) is 14.3 Å². The average Bonchev–Trinajstić information content (AvgIpc) is 2.87. The van der Waals surface area contributed by atoms with Crippen LogP contribution in [0, 0.1) is 6.92 Å². The molecule has 0 saturated carbocycles. The Hall–Kier alpha value is -1.93. The van der Waals surface area contributed by atoms with Crippen molar-refractivity contribution >= 4 is 17.5 Å². The first-order valence-electron chi connectivity index (χ1n) is 8.11. The lowest BCUT2D eigenvalue weighted by atomic mass is 9.97. The summed E-state index contributed by atoms with van der Waals surface area (Å²) in [6.07, 6.45) is 1.75. The maximum atomic E-state index is 12.5. The molecule has 0 radical (unpaired) electrons. The minimum Gasteiger partial charge on any atom is -0.382 e. The number of nitrogens with one attached hydrogen (secondary N) is 1. The minimum atomic E-state index is -0.822. The molecule has 1 aliphatic rings. The monoisotopic (exact) mass is 338 g/mol. The van der Waals surface area contributed by atoms with Crippen LogP contribution in [-0.4, -0.2) is 65.5 Å². The predicted molar refractivity (Wildman–Crippen MR) is 88.7 cm³/mol. The van der Waals surface area contributed by atoms with Crippen LogP contribution in [0.15, 0.2) is 6.20 Å². The number of carbonyl (C=O) groups excluding carboxylic acids is 2. The van der Waals surface area contributed by atoms with Gasteiger partial charge in [0.15, 0.2) is 0 Å². The van der Waals surface area contributed by atoms with Crippen LogP contribution in [0.5, 0.6) is 0 Å². The predicted octanol–water partition coefficient (Wildman–Crippen LogP) is 0.804. The maximum Gasteiger partial charge on any atom is 0.227 e. The van der Waals surface area contributed by atoms with Crippen molar-refractivity contribution in [3.05, 3.63) is 11.9 Å². The van der Waals surface area contributed by atoms with Crippen LogP contribution in [0.2, 0.25) is 0 Å². The molecule has 0 aromatic carbocycles. The molecule has 1 N–H and O–H groups in total. The summed E-state index contributed by atoms with van der Waals surface area (Å²) in [6, 6.07) is 0. The van der Waals surface area contributed by atoms with Gasteiger partial charge in [-0.2, -0.15) is 5.10 Å². The summed E-state index contributed by atoms with van der Waals surface area (Å²) in [6.45, 7) is 7.68. The minimum absolute atomic E-state index is 0.0285. The highest BCUT2D eigenvalue weighted by Crippen LogP contribution is 2.24. The highest BCUT2D eigenvalue weighted by Gasteiger charge is 2.40. The Labute approximate surface area is 142 Å². The van der Waals surface area contributed by atoms with Gasteiger partial charge >= 0.3 is 0 Å². The standard InChI is InChI=1S/C16H26N4O4/c1-5-20-12(2)14(9-17-20)18-15(22)8-16(11-23-4)10-19(13(3)21)6-7-24-16/h9H,5-8,10-11H2,1-4H3,(H,18,22)/t16-/m1/s1. The normalized spacial score (nSPS) is 20.9. The van der Waals surface area contributed by atoms with Crippen LogP contribution in [0.4, 0.5) is 5.69 Å². The molecule has 1 aromatic rings. The summed E-state index contributed by atoms with van der Waals surface area (Å²) in [4.78, 5) is 25.9. The summed E-state index contributed by atoms with van der Waals surface area (Å²) >= 11 is 0. The van der Waals surface area contributed by atoms with Gasteiger partial charge in [0.25, 0.3) is 0 Å². The third kappa shape index (κ3) is 4.12. The van der Waals surface area contributed by atoms with Crippen molar-refractivity contribution in [2.24, 2.45) is 0 Å². The lowest BCUT2D eigenvalue weighted by molar-refractivity contribution is -0.164. The summed E-state index contributed by atoms with van der Waals surface area (Å²) < 4.78 is 12.9. The topological polar surface area (TPSA) is 85.7 Å². The van der Waals surface area contributed by atoms with Gasteiger partial charge < -0.3 is 19.7 Å². The van der Waals surface area contributed by atoms with Crippen molar-refractivity contribution in [1.82, 2.24) is 14.7 Å². The molecule has 0 bridgehead atoms. The molecule has 1 aromatic heterocycles. The van der Waals surface area contributed by atoms with Crippen LogP contribution < -0.4 is 5.32 Å². The molecule has 2 heterocycles. The number of hydrogen-bond acceptors (Lipinski definition) is 5. The van der Waals surface area contributed by atoms with E-state index in [1.807, 2.05) is 18.5 Å². The number of aromatic nitrogens is 2. The van der Waals surface area contributed by atoms with Crippen LogP contribution in [0.25, 0.3) is 0 Å². The molecule has 2 rings (SSSR count). The number of morpholine rings is 1. The van der Waals surface area contributed by atoms with Crippen molar-refractivity contribution in [2.45, 2.75) is 39.3 Å². The van der Waals surface area contributed by atoms with Crippen LogP contribution in [0.3, 0.4) is 0 Å². The van der Waals surface area contributed by atoms with Gasteiger partial charge in [0, 0.05) is 27.1 Å². The molecule has 134 valence electrons. The molecule has 8 nitrogen and oxygen atoms in total. The molecule has 1 fully saturated rings. The van der Waals surface area contributed by atoms with E-state index in [-0.39, 0.29) is 24.8 Å². The third-order valence-electron chi connectivity index (χ3n) is 4.26. The molecule has 0 aliphatic carbocycles. The van der Waals surface area contributed by atoms with E-state index in [1.54, 1.807) is 18.2 Å². The zero-order valence-electron chi connectivity index (χ0n) is 14.8. The summed E-state index contributed by atoms with van der Waals surface area (Å²) in [7, 11) is 1.56. The van der Waals surface area contributed by atoms with Crippen LogP contribution in [0.1, 0.15) is 26.0 Å². The Balaban J connectivity index is 2.07. The SMILES string of the molecule is CCn1ncc(NC(=O)C[C@]2(COC)CN(C(C)=O)CCO2)c1C. The Morgan fingerprint density at radius 1 is 1.50 bits per heavy atom. The molecule has 2 amide bonds. The molecule has 24 heavy (non-hydrogen) atoms. The first-order chi connectivity index (χ1) is 11.4. The Morgan fingerprint density at radius 2 is 2.25 bits per heavy atom. The number of carbonyl (C=O) groups is 2. The fourth-order valence-electron chi connectivity index (χ4n) is 3.00. The summed E-state index contributed by atoms with van der Waals surface area (Å²) in [5, 5.41) is 7.09. The fourth-order valence-corrected chi connectivity index (χ4v) is 3.00. The number of hydrogen-bond donors (Lipinski definition) is 1. The van der Waals surface area contributed by atoms with E-state index in [0.29, 0.717) is 25.4 Å². The average molecular weight is 338 g/mol. The van der Waals surface area contributed by atoms with Crippen LogP contribution >= 0.6 is 0 Å². The second-order valence-corrected chi connectivity index (χ2v) is 6.09. The number of methoxy groups -OCH3 is 1. The van der Waals surface area contributed by atoms with Crippen molar-refractivity contribution in [2.75, 3.05) is 38.7 Å². The number of aryl methyl sites for hydroxylation is 1. The number of ether oxygens (including phenoxy) is 2. The molecule has 1 aliphatic heterocycles. The van der Waals surface area contributed by atoms with Gasteiger partial charge in [-0.05, 0) is 13.8 Å². The van der Waals surface area contributed by atoms with E-state index in [9.17, 15) is 9.59 Å². The lowest BCUT2D eigenvalue weighted by Crippen LogP contribution is -2.56. The molecular formula is C16H26N4O4. The smallest absolute Gasteiger partial charge is 0.227 e. The Morgan fingerprint density at radius 3 is 2.83 bits per heavy atom. The third-order valence-corrected chi connectivity index (χ3v) is 4.26. The quantitative estimate of drug-likeness (QED) is 0.829. The second kappa shape index (κ2) is 7.76. The van der Waals surface area contributed by atoms with Gasteiger partial charge in [0.05, 0.1) is 43.8 Å². The van der Waals surface area contributed by atoms with E-state index < -0.39 is 5.60 Å². The zero-order valence-corrected chi connectivity index (χ0v) is 14.8. The van der Waals surface area contributed by atoms with Crippen molar-refractivity contribution in [1.29, 1.82) is 0 Å². The van der Waals surface area contributed by atoms with E-state index in [1.165, 1.54) is 6.92 Å². The Bertz CT molecular complexity index is 597. The van der Waals surface area contributed by atoms with Crippen molar-refractivity contribution in [3.8, 4) is 0 Å². The lowest BCUT2D eigenvalue weighted by Gasteiger charge is -2.41. The molecule has 0 spiro atoms. The summed E-state index contributed by atoms with van der Waals surface area (Å²) in [5.74, 6) is -0.213. The van der Waals surface area contributed by atoms with Gasteiger partial charge in [-0.1, -0.05) is 0 Å². The first-order valence-corrected chi connectivity index (χ1v) is 8.11. The largest absolute Gasteiger partial charge is 0.382 e. The maximum absolute atomic E-state index is 12.5. The number of anilines is 1. The van der Waals surface area contributed by atoms with E-state index >= 15 is 0 Å². The van der Waals surface area contributed by atoms with Gasteiger partial charge in [-0.25, -0.2) is 0 Å². The molecule has 8 heteroatoms. The molecule has 1 atom stereocenters. The van der Waals surface area contributed by atoms with Gasteiger partial charge in [0.2, 0.25) is 11.8 Å². The van der Waals surface area contributed by atoms with Gasteiger partial charge in [-0.15, -0.1) is 0 Å². The van der Waals surface area contributed by atoms with E-state index in [4.69, 9.17) is 9.47 Å². The molecule has 1 saturated heterocycles. The van der Waals surface area contributed by atoms with E-state index in [0.717, 1.165) is 12.2 Å². The fraction of sp³-hybridized carbons (Fsp3) is 0.688. The first kappa shape index (κ1) is 18.4.